The van der Waals surface area contributed by atoms with Crippen molar-refractivity contribution in [1.82, 2.24) is 18.7 Å². The maximum absolute atomic E-state index is 2.73. The van der Waals surface area contributed by atoms with Crippen LogP contribution in [0.15, 0.2) is 72.8 Å². The van der Waals surface area contributed by atoms with Gasteiger partial charge in [-0.3, -0.25) is 18.7 Å². The van der Waals surface area contributed by atoms with Gasteiger partial charge in [0.15, 0.2) is 0 Å². The largest absolute Gasteiger partial charge is 0.262 e. The molecule has 2 fully saturated rings. The molecule has 5 rings (SSSR count). The predicted octanol–water partition coefficient (Wildman–Crippen LogP) is 7.76. The summed E-state index contributed by atoms with van der Waals surface area (Å²) in [6, 6.07) is 29.9. The van der Waals surface area contributed by atoms with Gasteiger partial charge in [-0.2, -0.15) is 0 Å². The molecule has 0 spiro atoms. The third-order valence-electron chi connectivity index (χ3n) is 8.22. The minimum Gasteiger partial charge on any atom is -0.262 e. The van der Waals surface area contributed by atoms with E-state index in [0.717, 1.165) is 26.2 Å². The van der Waals surface area contributed by atoms with Crippen LogP contribution in [-0.4, -0.2) is 69.0 Å². The van der Waals surface area contributed by atoms with E-state index in [9.17, 15) is 0 Å². The van der Waals surface area contributed by atoms with Crippen LogP contribution in [0.1, 0.15) is 55.4 Å². The van der Waals surface area contributed by atoms with Crippen molar-refractivity contribution in [3.8, 4) is 22.3 Å². The van der Waals surface area contributed by atoms with E-state index in [4.69, 9.17) is 0 Å². The van der Waals surface area contributed by atoms with E-state index >= 15 is 0 Å². The molecule has 2 aliphatic heterocycles. The van der Waals surface area contributed by atoms with Gasteiger partial charge in [-0.15, -0.1) is 0 Å². The second kappa shape index (κ2) is 12.7. The highest BCUT2D eigenvalue weighted by Crippen LogP contribution is 2.53. The molecule has 3 aromatic carbocycles. The molecule has 214 valence electrons. The SMILES string of the molecule is CC(C)N1CCN(C(C)C)P1c1ccccc1-c1ccc(-c2ccccc2P2N(C(C)C)CCN2C(C)C)cc1. The second-order valence-corrected chi connectivity index (χ2v) is 16.4. The molecule has 0 radical (unpaired) electrons. The molecule has 0 aliphatic carbocycles. The highest BCUT2D eigenvalue weighted by Gasteiger charge is 2.39. The average Bonchev–Trinajstić information content (AvgIpc) is 3.59. The first-order chi connectivity index (χ1) is 19.2. The Morgan fingerprint density at radius 1 is 0.425 bits per heavy atom. The maximum Gasteiger partial charge on any atom is 0.0736 e. The third kappa shape index (κ3) is 5.82. The van der Waals surface area contributed by atoms with Crippen LogP contribution >= 0.6 is 16.4 Å². The van der Waals surface area contributed by atoms with E-state index < -0.39 is 16.4 Å². The Hall–Kier alpha value is -1.64. The minimum atomic E-state index is -0.518. The van der Waals surface area contributed by atoms with Gasteiger partial charge in [-0.1, -0.05) is 72.8 Å². The summed E-state index contributed by atoms with van der Waals surface area (Å²) < 4.78 is 10.9. The molecule has 2 saturated heterocycles. The molecule has 2 heterocycles. The molecule has 0 atom stereocenters. The molecule has 4 nitrogen and oxygen atoms in total. The van der Waals surface area contributed by atoms with Gasteiger partial charge in [-0.05, 0) is 77.6 Å². The van der Waals surface area contributed by atoms with E-state index in [2.05, 4.69) is 147 Å². The summed E-state index contributed by atoms with van der Waals surface area (Å²) in [7, 11) is -1.04. The first-order valence-corrected chi connectivity index (χ1v) is 17.6. The fourth-order valence-corrected chi connectivity index (χ4v) is 12.0. The van der Waals surface area contributed by atoms with E-state index in [1.807, 2.05) is 0 Å². The molecule has 3 aromatic rings. The lowest BCUT2D eigenvalue weighted by Gasteiger charge is -2.36. The summed E-state index contributed by atoms with van der Waals surface area (Å²) in [5.74, 6) is 0. The summed E-state index contributed by atoms with van der Waals surface area (Å²) >= 11 is 0. The minimum absolute atomic E-state index is 0.518. The maximum atomic E-state index is 2.73. The smallest absolute Gasteiger partial charge is 0.0736 e. The Bertz CT molecular complexity index is 1140. The normalized spacial score (nSPS) is 18.9. The Labute approximate surface area is 246 Å². The second-order valence-electron chi connectivity index (χ2n) is 12.2. The molecule has 0 bridgehead atoms. The lowest BCUT2D eigenvalue weighted by atomic mass is 10.0. The zero-order valence-corrected chi connectivity index (χ0v) is 27.5. The summed E-state index contributed by atoms with van der Waals surface area (Å²) in [6.07, 6.45) is 0. The monoisotopic (exact) mass is 574 g/mol. The van der Waals surface area contributed by atoms with Gasteiger partial charge < -0.3 is 0 Å². The Morgan fingerprint density at radius 3 is 0.975 bits per heavy atom. The number of rotatable bonds is 8. The molecule has 0 unspecified atom stereocenters. The summed E-state index contributed by atoms with van der Waals surface area (Å²) in [4.78, 5) is 0. The Morgan fingerprint density at radius 2 is 0.700 bits per heavy atom. The van der Waals surface area contributed by atoms with Crippen molar-refractivity contribution in [2.45, 2.75) is 79.6 Å². The van der Waals surface area contributed by atoms with Gasteiger partial charge in [0.1, 0.15) is 0 Å². The van der Waals surface area contributed by atoms with Crippen molar-refractivity contribution in [2.75, 3.05) is 26.2 Å². The van der Waals surface area contributed by atoms with Crippen LogP contribution in [0.2, 0.25) is 0 Å². The number of hydrogen-bond donors (Lipinski definition) is 0. The zero-order chi connectivity index (χ0) is 28.6. The first kappa shape index (κ1) is 29.8. The van der Waals surface area contributed by atoms with E-state index in [-0.39, 0.29) is 0 Å². The van der Waals surface area contributed by atoms with Gasteiger partial charge in [-0.25, -0.2) is 0 Å². The Balaban J connectivity index is 1.52. The topological polar surface area (TPSA) is 13.0 Å². The first-order valence-electron chi connectivity index (χ1n) is 15.1. The molecule has 0 N–H and O–H groups in total. The molecule has 0 aromatic heterocycles. The van der Waals surface area contributed by atoms with Crippen LogP contribution in [0.5, 0.6) is 0 Å². The average molecular weight is 575 g/mol. The van der Waals surface area contributed by atoms with E-state index in [1.54, 1.807) is 0 Å². The van der Waals surface area contributed by atoms with Crippen LogP contribution in [0.25, 0.3) is 22.3 Å². The highest BCUT2D eigenvalue weighted by atomic mass is 31.1. The van der Waals surface area contributed by atoms with Crippen LogP contribution < -0.4 is 10.6 Å². The van der Waals surface area contributed by atoms with Gasteiger partial charge in [0.05, 0.1) is 16.4 Å². The van der Waals surface area contributed by atoms with Gasteiger partial charge >= 0.3 is 0 Å². The van der Waals surface area contributed by atoms with Crippen LogP contribution in [-0.2, 0) is 0 Å². The Kier molecular flexibility index (Phi) is 9.47. The lowest BCUT2D eigenvalue weighted by Crippen LogP contribution is -2.31. The fraction of sp³-hybridized carbons (Fsp3) is 0.471. The van der Waals surface area contributed by atoms with Crippen molar-refractivity contribution < 1.29 is 0 Å². The van der Waals surface area contributed by atoms with Crippen LogP contribution in [0, 0.1) is 0 Å². The summed E-state index contributed by atoms with van der Waals surface area (Å²) in [6.45, 7) is 23.4. The summed E-state index contributed by atoms with van der Waals surface area (Å²) in [5.41, 5.74) is 5.39. The molecular formula is C34H48N4P2. The van der Waals surface area contributed by atoms with Gasteiger partial charge in [0.2, 0.25) is 0 Å². The van der Waals surface area contributed by atoms with Crippen molar-refractivity contribution >= 4 is 27.1 Å². The standard InChI is InChI=1S/C34H48N4P2/c1-25(2)35-21-22-36(26(3)4)39(35)33-15-11-9-13-31(33)29-17-19-30(20-18-29)32-14-10-12-16-34(32)40-37(27(5)6)23-24-38(40)28(7)8/h9-20,25-28H,21-24H2,1-8H3. The number of nitrogens with zero attached hydrogens (tertiary/aromatic N) is 4. The quantitative estimate of drug-likeness (QED) is 0.255. The van der Waals surface area contributed by atoms with Gasteiger partial charge in [0, 0.05) is 61.0 Å². The highest BCUT2D eigenvalue weighted by molar-refractivity contribution is 7.62. The van der Waals surface area contributed by atoms with E-state index in [0.29, 0.717) is 24.2 Å². The van der Waals surface area contributed by atoms with Crippen molar-refractivity contribution in [3.63, 3.8) is 0 Å². The summed E-state index contributed by atoms with van der Waals surface area (Å²) in [5, 5.41) is 2.97. The fourth-order valence-electron chi connectivity index (χ4n) is 6.16. The predicted molar refractivity (Wildman–Crippen MR) is 178 cm³/mol. The number of benzene rings is 3. The van der Waals surface area contributed by atoms with Crippen molar-refractivity contribution in [2.24, 2.45) is 0 Å². The molecule has 6 heteroatoms. The van der Waals surface area contributed by atoms with Crippen LogP contribution in [0.3, 0.4) is 0 Å². The molecule has 2 aliphatic rings. The number of hydrogen-bond acceptors (Lipinski definition) is 4. The van der Waals surface area contributed by atoms with Crippen LogP contribution in [0.4, 0.5) is 0 Å². The lowest BCUT2D eigenvalue weighted by molar-refractivity contribution is 0.390. The van der Waals surface area contributed by atoms with Gasteiger partial charge in [0.25, 0.3) is 0 Å². The molecule has 40 heavy (non-hydrogen) atoms. The zero-order valence-electron chi connectivity index (χ0n) is 25.7. The molecular weight excluding hydrogens is 526 g/mol. The molecule has 0 amide bonds. The molecule has 0 saturated carbocycles. The van der Waals surface area contributed by atoms with E-state index in [1.165, 1.54) is 32.9 Å². The third-order valence-corrected chi connectivity index (χ3v) is 14.5. The van der Waals surface area contributed by atoms with Crippen molar-refractivity contribution in [3.05, 3.63) is 72.8 Å². The van der Waals surface area contributed by atoms with Crippen molar-refractivity contribution in [1.29, 1.82) is 0 Å².